The molecule has 1 amide bonds. The lowest BCUT2D eigenvalue weighted by Gasteiger charge is -2.04. The summed E-state index contributed by atoms with van der Waals surface area (Å²) in [6.07, 6.45) is 5.87. The first-order valence-electron chi connectivity index (χ1n) is 6.92. The van der Waals surface area contributed by atoms with Crippen LogP contribution < -0.4 is 10.1 Å². The number of hydrogen-bond donors (Lipinski definition) is 1. The molecule has 0 aliphatic carbocycles. The van der Waals surface area contributed by atoms with Crippen LogP contribution in [0.4, 0.5) is 5.82 Å². The molecular weight excluding hydrogens is 282 g/mol. The van der Waals surface area contributed by atoms with Crippen molar-refractivity contribution in [2.45, 2.75) is 19.3 Å². The number of ether oxygens (including phenoxy) is 1. The number of nitrogens with zero attached hydrogens (tertiary/aromatic N) is 2. The van der Waals surface area contributed by atoms with Crippen molar-refractivity contribution in [3.63, 3.8) is 0 Å². The molecule has 2 rings (SSSR count). The topological polar surface area (TPSA) is 81.2 Å². The molecule has 0 bridgehead atoms. The van der Waals surface area contributed by atoms with E-state index in [1.165, 1.54) is 18.6 Å². The highest BCUT2D eigenvalue weighted by atomic mass is 16.5. The summed E-state index contributed by atoms with van der Waals surface area (Å²) in [5.74, 6) is -0.0476. The number of Topliss-reactive ketones (excluding diaryl/α,β-unsaturated/α-hetero) is 1. The minimum atomic E-state index is -0.657. The van der Waals surface area contributed by atoms with Crippen LogP contribution in [0, 0.1) is 0 Å². The highest BCUT2D eigenvalue weighted by Crippen LogP contribution is 2.13. The molecule has 0 fully saturated rings. The van der Waals surface area contributed by atoms with Crippen molar-refractivity contribution in [3.05, 3.63) is 48.4 Å². The van der Waals surface area contributed by atoms with Gasteiger partial charge in [0.05, 0.1) is 13.3 Å². The van der Waals surface area contributed by atoms with Crippen molar-refractivity contribution in [3.8, 4) is 5.75 Å². The lowest BCUT2D eigenvalue weighted by molar-refractivity contribution is -0.134. The number of anilines is 1. The lowest BCUT2D eigenvalue weighted by Crippen LogP contribution is -2.23. The number of carbonyl (C=O) groups is 2. The summed E-state index contributed by atoms with van der Waals surface area (Å²) in [7, 11) is 1.61. The molecule has 0 spiro atoms. The van der Waals surface area contributed by atoms with Gasteiger partial charge in [0, 0.05) is 18.8 Å². The van der Waals surface area contributed by atoms with Gasteiger partial charge in [-0.15, -0.1) is 0 Å². The maximum Gasteiger partial charge on any atom is 0.292 e. The Morgan fingerprint density at radius 1 is 1.18 bits per heavy atom. The van der Waals surface area contributed by atoms with E-state index in [4.69, 9.17) is 4.74 Å². The van der Waals surface area contributed by atoms with Crippen LogP contribution in [0.5, 0.6) is 5.75 Å². The molecule has 0 radical (unpaired) electrons. The van der Waals surface area contributed by atoms with Gasteiger partial charge in [-0.25, -0.2) is 4.98 Å². The number of benzene rings is 1. The standard InChI is InChI=1S/C16H17N3O3/c1-22-13-7-5-12(6-8-13)3-2-4-14(20)16(21)19-15-11-17-9-10-18-15/h5-11H,2-4H2,1H3,(H,18,19,21). The van der Waals surface area contributed by atoms with E-state index in [9.17, 15) is 9.59 Å². The van der Waals surface area contributed by atoms with Gasteiger partial charge < -0.3 is 10.1 Å². The third-order valence-corrected chi connectivity index (χ3v) is 3.09. The Labute approximate surface area is 128 Å². The minimum Gasteiger partial charge on any atom is -0.497 e. The molecule has 6 heteroatoms. The van der Waals surface area contributed by atoms with Crippen LogP contribution in [0.3, 0.4) is 0 Å². The fourth-order valence-corrected chi connectivity index (χ4v) is 1.91. The molecule has 2 aromatic rings. The number of aryl methyl sites for hydroxylation is 1. The predicted molar refractivity (Wildman–Crippen MR) is 81.6 cm³/mol. The number of amides is 1. The zero-order valence-corrected chi connectivity index (χ0v) is 12.3. The fourth-order valence-electron chi connectivity index (χ4n) is 1.91. The van der Waals surface area contributed by atoms with Crippen molar-refractivity contribution in [1.29, 1.82) is 0 Å². The van der Waals surface area contributed by atoms with Crippen LogP contribution in [-0.4, -0.2) is 28.8 Å². The minimum absolute atomic E-state index is 0.193. The highest BCUT2D eigenvalue weighted by molar-refractivity contribution is 6.40. The predicted octanol–water partition coefficient (Wildman–Crippen LogP) is 2.02. The van der Waals surface area contributed by atoms with E-state index in [0.29, 0.717) is 6.42 Å². The molecule has 0 saturated heterocycles. The Balaban J connectivity index is 1.76. The van der Waals surface area contributed by atoms with Gasteiger partial charge >= 0.3 is 0 Å². The quantitative estimate of drug-likeness (QED) is 0.791. The summed E-state index contributed by atoms with van der Waals surface area (Å²) in [5.41, 5.74) is 1.10. The van der Waals surface area contributed by atoms with E-state index >= 15 is 0 Å². The molecule has 0 aliphatic rings. The summed E-state index contributed by atoms with van der Waals surface area (Å²) in [4.78, 5) is 31.2. The molecule has 6 nitrogen and oxygen atoms in total. The van der Waals surface area contributed by atoms with Gasteiger partial charge in [0.2, 0.25) is 5.78 Å². The summed E-state index contributed by atoms with van der Waals surface area (Å²) < 4.78 is 5.08. The molecular formula is C16H17N3O3. The highest BCUT2D eigenvalue weighted by Gasteiger charge is 2.13. The van der Waals surface area contributed by atoms with Crippen molar-refractivity contribution >= 4 is 17.5 Å². The van der Waals surface area contributed by atoms with Crippen LogP contribution in [-0.2, 0) is 16.0 Å². The number of rotatable bonds is 7. The second-order valence-corrected chi connectivity index (χ2v) is 4.67. The van der Waals surface area contributed by atoms with Crippen LogP contribution in [0.2, 0.25) is 0 Å². The molecule has 1 aromatic heterocycles. The first-order chi connectivity index (χ1) is 10.7. The van der Waals surface area contributed by atoms with E-state index < -0.39 is 11.7 Å². The molecule has 0 aliphatic heterocycles. The molecule has 0 saturated carbocycles. The monoisotopic (exact) mass is 299 g/mol. The lowest BCUT2D eigenvalue weighted by atomic mass is 10.1. The zero-order chi connectivity index (χ0) is 15.8. The Morgan fingerprint density at radius 2 is 1.95 bits per heavy atom. The van der Waals surface area contributed by atoms with Crippen LogP contribution >= 0.6 is 0 Å². The Kier molecular flexibility index (Phi) is 5.59. The van der Waals surface area contributed by atoms with Gasteiger partial charge in [-0.05, 0) is 30.5 Å². The average Bonchev–Trinajstić information content (AvgIpc) is 2.56. The van der Waals surface area contributed by atoms with E-state index in [1.807, 2.05) is 24.3 Å². The number of methoxy groups -OCH3 is 1. The maximum absolute atomic E-state index is 11.8. The average molecular weight is 299 g/mol. The van der Waals surface area contributed by atoms with Gasteiger partial charge in [0.1, 0.15) is 5.75 Å². The maximum atomic E-state index is 11.8. The molecule has 22 heavy (non-hydrogen) atoms. The van der Waals surface area contributed by atoms with Gasteiger partial charge in [0.25, 0.3) is 5.91 Å². The Bertz CT molecular complexity index is 627. The van der Waals surface area contributed by atoms with E-state index in [-0.39, 0.29) is 12.2 Å². The largest absolute Gasteiger partial charge is 0.497 e. The smallest absolute Gasteiger partial charge is 0.292 e. The summed E-state index contributed by atoms with van der Waals surface area (Å²) in [6, 6.07) is 7.64. The number of ketones is 1. The molecule has 1 aromatic carbocycles. The molecule has 114 valence electrons. The first kappa shape index (κ1) is 15.6. The van der Waals surface area contributed by atoms with Gasteiger partial charge in [-0.1, -0.05) is 12.1 Å². The second-order valence-electron chi connectivity index (χ2n) is 4.67. The van der Waals surface area contributed by atoms with Gasteiger partial charge in [-0.2, -0.15) is 0 Å². The molecule has 0 unspecified atom stereocenters. The van der Waals surface area contributed by atoms with E-state index in [1.54, 1.807) is 7.11 Å². The number of hydrogen-bond acceptors (Lipinski definition) is 5. The number of carbonyl (C=O) groups excluding carboxylic acids is 2. The molecule has 1 N–H and O–H groups in total. The van der Waals surface area contributed by atoms with Gasteiger partial charge in [0.15, 0.2) is 5.82 Å². The van der Waals surface area contributed by atoms with Crippen molar-refractivity contribution in [2.75, 3.05) is 12.4 Å². The SMILES string of the molecule is COc1ccc(CCCC(=O)C(=O)Nc2cnccn2)cc1. The van der Waals surface area contributed by atoms with Crippen molar-refractivity contribution in [1.82, 2.24) is 9.97 Å². The normalized spacial score (nSPS) is 10.0. The number of aromatic nitrogens is 2. The Hall–Kier alpha value is -2.76. The van der Waals surface area contributed by atoms with E-state index in [0.717, 1.165) is 17.7 Å². The zero-order valence-electron chi connectivity index (χ0n) is 12.3. The molecule has 1 heterocycles. The summed E-state index contributed by atoms with van der Waals surface area (Å²) in [6.45, 7) is 0. The number of nitrogens with one attached hydrogen (secondary N) is 1. The van der Waals surface area contributed by atoms with E-state index in [2.05, 4.69) is 15.3 Å². The van der Waals surface area contributed by atoms with Crippen LogP contribution in [0.1, 0.15) is 18.4 Å². The summed E-state index contributed by atoms with van der Waals surface area (Å²) in [5, 5.41) is 2.43. The van der Waals surface area contributed by atoms with Crippen molar-refractivity contribution in [2.24, 2.45) is 0 Å². The Morgan fingerprint density at radius 3 is 2.59 bits per heavy atom. The molecule has 0 atom stereocenters. The fraction of sp³-hybridized carbons (Fsp3) is 0.250. The van der Waals surface area contributed by atoms with Crippen LogP contribution in [0.25, 0.3) is 0 Å². The first-order valence-corrected chi connectivity index (χ1v) is 6.92. The van der Waals surface area contributed by atoms with Crippen LogP contribution in [0.15, 0.2) is 42.9 Å². The second kappa shape index (κ2) is 7.87. The third kappa shape index (κ3) is 4.66. The summed E-state index contributed by atoms with van der Waals surface area (Å²) >= 11 is 0. The third-order valence-electron chi connectivity index (χ3n) is 3.09. The van der Waals surface area contributed by atoms with Crippen molar-refractivity contribution < 1.29 is 14.3 Å². The van der Waals surface area contributed by atoms with Gasteiger partial charge in [-0.3, -0.25) is 14.6 Å².